The second-order valence-electron chi connectivity index (χ2n) is 8.33. The number of hydrogen-bond acceptors (Lipinski definition) is 5. The van der Waals surface area contributed by atoms with E-state index in [0.29, 0.717) is 50.1 Å². The maximum absolute atomic E-state index is 13.0. The summed E-state index contributed by atoms with van der Waals surface area (Å²) in [6, 6.07) is 7.42. The van der Waals surface area contributed by atoms with Gasteiger partial charge in [0.25, 0.3) is 5.91 Å². The Hall–Kier alpha value is -3.10. The largest absolute Gasteiger partial charge is 0.455 e. The number of amides is 2. The molecule has 2 aliphatic rings. The number of morpholine rings is 1. The average Bonchev–Trinajstić information content (AvgIpc) is 3.38. The number of nitrogens with zero attached hydrogens (tertiary/aromatic N) is 3. The molecule has 0 atom stereocenters. The van der Waals surface area contributed by atoms with Gasteiger partial charge in [0.2, 0.25) is 5.91 Å². The molecule has 9 heteroatoms. The molecule has 1 aliphatic heterocycles. The zero-order valence-corrected chi connectivity index (χ0v) is 19.2. The zero-order chi connectivity index (χ0) is 22.9. The molecule has 172 valence electrons. The van der Waals surface area contributed by atoms with Crippen LogP contribution in [0.5, 0.6) is 0 Å². The van der Waals surface area contributed by atoms with E-state index in [1.54, 1.807) is 15.6 Å². The van der Waals surface area contributed by atoms with E-state index in [1.807, 2.05) is 31.3 Å². The van der Waals surface area contributed by atoms with Gasteiger partial charge in [-0.2, -0.15) is 5.10 Å². The molecule has 1 fully saturated rings. The monoisotopic (exact) mass is 468 g/mol. The van der Waals surface area contributed by atoms with E-state index in [0.717, 1.165) is 40.1 Å². The first kappa shape index (κ1) is 21.7. The van der Waals surface area contributed by atoms with Gasteiger partial charge >= 0.3 is 0 Å². The molecular weight excluding hydrogens is 444 g/mol. The van der Waals surface area contributed by atoms with E-state index in [1.165, 1.54) is 0 Å². The van der Waals surface area contributed by atoms with Crippen molar-refractivity contribution in [3.05, 3.63) is 63.7 Å². The molecule has 5 rings (SSSR count). The van der Waals surface area contributed by atoms with Crippen LogP contribution >= 0.6 is 11.6 Å². The number of carbonyl (C=O) groups is 2. The number of benzene rings is 1. The first-order valence-electron chi connectivity index (χ1n) is 11.1. The van der Waals surface area contributed by atoms with Crippen molar-refractivity contribution >= 4 is 23.4 Å². The Kier molecular flexibility index (Phi) is 5.95. The van der Waals surface area contributed by atoms with E-state index in [2.05, 4.69) is 10.4 Å². The number of halogens is 1. The van der Waals surface area contributed by atoms with Crippen LogP contribution in [0.2, 0.25) is 5.02 Å². The van der Waals surface area contributed by atoms with Crippen molar-refractivity contribution in [1.82, 2.24) is 20.0 Å². The zero-order valence-electron chi connectivity index (χ0n) is 18.4. The van der Waals surface area contributed by atoms with Crippen LogP contribution in [0, 0.1) is 6.92 Å². The third-order valence-corrected chi connectivity index (χ3v) is 6.52. The van der Waals surface area contributed by atoms with Crippen LogP contribution in [-0.4, -0.2) is 52.8 Å². The first-order valence-corrected chi connectivity index (χ1v) is 11.4. The van der Waals surface area contributed by atoms with Crippen LogP contribution in [0.1, 0.15) is 33.0 Å². The maximum atomic E-state index is 13.0. The van der Waals surface area contributed by atoms with E-state index in [-0.39, 0.29) is 18.4 Å². The number of aromatic nitrogens is 2. The van der Waals surface area contributed by atoms with Crippen molar-refractivity contribution in [2.75, 3.05) is 26.3 Å². The Bertz CT molecular complexity index is 1210. The predicted molar refractivity (Wildman–Crippen MR) is 122 cm³/mol. The normalized spacial score (nSPS) is 15.2. The Labute approximate surface area is 196 Å². The highest BCUT2D eigenvalue weighted by molar-refractivity contribution is 6.31. The minimum absolute atomic E-state index is 0.100. The molecule has 0 spiro atoms. The molecule has 0 unspecified atom stereocenters. The van der Waals surface area contributed by atoms with Crippen LogP contribution < -0.4 is 5.32 Å². The van der Waals surface area contributed by atoms with Crippen molar-refractivity contribution in [2.45, 2.75) is 32.9 Å². The van der Waals surface area contributed by atoms with Crippen molar-refractivity contribution in [1.29, 1.82) is 0 Å². The summed E-state index contributed by atoms with van der Waals surface area (Å²) in [6.45, 7) is 4.57. The lowest BCUT2D eigenvalue weighted by molar-refractivity contribution is -0.122. The highest BCUT2D eigenvalue weighted by Gasteiger charge is 2.32. The van der Waals surface area contributed by atoms with Crippen LogP contribution in [0.4, 0.5) is 0 Å². The van der Waals surface area contributed by atoms with Gasteiger partial charge in [-0.1, -0.05) is 29.8 Å². The highest BCUT2D eigenvalue weighted by atomic mass is 35.5. The minimum Gasteiger partial charge on any atom is -0.455 e. The first-order chi connectivity index (χ1) is 16.0. The van der Waals surface area contributed by atoms with Gasteiger partial charge in [0.05, 0.1) is 18.9 Å². The van der Waals surface area contributed by atoms with E-state index >= 15 is 0 Å². The number of fused-ring (bicyclic) bond motifs is 3. The van der Waals surface area contributed by atoms with Gasteiger partial charge < -0.3 is 19.4 Å². The summed E-state index contributed by atoms with van der Waals surface area (Å²) in [5.41, 5.74) is 4.38. The standard InChI is InChI=1S/C24H25ClN4O4/c1-15-21-19(33-23(15)24(31)28-8-10-32-11-9-28)7-6-17-13-29(27-22(17)21)14-20(30)26-12-16-4-2-3-5-18(16)25/h2-5,13H,6-12,14H2,1H3,(H,26,30). The Morgan fingerprint density at radius 2 is 1.97 bits per heavy atom. The van der Waals surface area contributed by atoms with Crippen LogP contribution in [0.3, 0.4) is 0 Å². The summed E-state index contributed by atoms with van der Waals surface area (Å²) in [4.78, 5) is 27.3. The molecule has 1 saturated heterocycles. The Morgan fingerprint density at radius 1 is 1.18 bits per heavy atom. The van der Waals surface area contributed by atoms with E-state index < -0.39 is 0 Å². The summed E-state index contributed by atoms with van der Waals surface area (Å²) < 4.78 is 13.0. The van der Waals surface area contributed by atoms with E-state index in [9.17, 15) is 9.59 Å². The molecule has 3 aromatic rings. The van der Waals surface area contributed by atoms with Crippen LogP contribution in [0.15, 0.2) is 34.9 Å². The summed E-state index contributed by atoms with van der Waals surface area (Å²) in [6.07, 6.45) is 3.36. The van der Waals surface area contributed by atoms with Gasteiger partial charge in [-0.3, -0.25) is 14.3 Å². The molecule has 1 N–H and O–H groups in total. The molecule has 8 nitrogen and oxygen atoms in total. The summed E-state index contributed by atoms with van der Waals surface area (Å²) >= 11 is 6.16. The lowest BCUT2D eigenvalue weighted by atomic mass is 9.93. The van der Waals surface area contributed by atoms with Gasteiger partial charge in [-0.25, -0.2) is 0 Å². The topological polar surface area (TPSA) is 89.6 Å². The van der Waals surface area contributed by atoms with Crippen molar-refractivity contribution in [3.63, 3.8) is 0 Å². The van der Waals surface area contributed by atoms with Gasteiger partial charge in [0.15, 0.2) is 5.76 Å². The lowest BCUT2D eigenvalue weighted by Crippen LogP contribution is -2.40. The number of furan rings is 1. The predicted octanol–water partition coefficient (Wildman–Crippen LogP) is 2.99. The smallest absolute Gasteiger partial charge is 0.290 e. The highest BCUT2D eigenvalue weighted by Crippen LogP contribution is 2.38. The van der Waals surface area contributed by atoms with Gasteiger partial charge in [-0.15, -0.1) is 0 Å². The Morgan fingerprint density at radius 3 is 2.76 bits per heavy atom. The maximum Gasteiger partial charge on any atom is 0.290 e. The third kappa shape index (κ3) is 4.28. The molecule has 2 amide bonds. The fourth-order valence-corrected chi connectivity index (χ4v) is 4.60. The minimum atomic E-state index is -0.151. The molecule has 0 radical (unpaired) electrons. The number of ether oxygens (including phenoxy) is 1. The molecular formula is C24H25ClN4O4. The lowest BCUT2D eigenvalue weighted by Gasteiger charge is -2.26. The molecule has 1 aliphatic carbocycles. The number of carbonyl (C=O) groups excluding carboxylic acids is 2. The number of aryl methyl sites for hydroxylation is 2. The quantitative estimate of drug-likeness (QED) is 0.621. The number of hydrogen-bond donors (Lipinski definition) is 1. The van der Waals surface area contributed by atoms with Gasteiger partial charge in [0.1, 0.15) is 12.3 Å². The molecule has 1 aromatic carbocycles. The molecule has 3 heterocycles. The van der Waals surface area contributed by atoms with Gasteiger partial charge in [0, 0.05) is 48.4 Å². The molecule has 2 aromatic heterocycles. The summed E-state index contributed by atoms with van der Waals surface area (Å²) in [5.74, 6) is 0.902. The second-order valence-corrected chi connectivity index (χ2v) is 8.73. The average molecular weight is 469 g/mol. The molecule has 0 bridgehead atoms. The SMILES string of the molecule is Cc1c(C(=O)N2CCOCC2)oc2c1-c1nn(CC(=O)NCc3ccccc3Cl)cc1CC2. The molecule has 33 heavy (non-hydrogen) atoms. The van der Waals surface area contributed by atoms with Crippen LogP contribution in [0.25, 0.3) is 11.3 Å². The van der Waals surface area contributed by atoms with Crippen LogP contribution in [-0.2, 0) is 35.5 Å². The number of nitrogens with one attached hydrogen (secondary N) is 1. The van der Waals surface area contributed by atoms with Crippen molar-refractivity contribution in [3.8, 4) is 11.3 Å². The fraction of sp³-hybridized carbons (Fsp3) is 0.375. The number of rotatable bonds is 5. The second kappa shape index (κ2) is 9.03. The Balaban J connectivity index is 1.32. The summed E-state index contributed by atoms with van der Waals surface area (Å²) in [5, 5.41) is 8.19. The van der Waals surface area contributed by atoms with E-state index in [4.69, 9.17) is 20.8 Å². The fourth-order valence-electron chi connectivity index (χ4n) is 4.40. The third-order valence-electron chi connectivity index (χ3n) is 6.15. The molecule has 0 saturated carbocycles. The van der Waals surface area contributed by atoms with Crippen molar-refractivity contribution < 1.29 is 18.7 Å². The van der Waals surface area contributed by atoms with Crippen molar-refractivity contribution in [2.24, 2.45) is 0 Å². The summed E-state index contributed by atoms with van der Waals surface area (Å²) in [7, 11) is 0. The van der Waals surface area contributed by atoms with Gasteiger partial charge in [-0.05, 0) is 30.5 Å².